The second kappa shape index (κ2) is 11.5. The zero-order chi connectivity index (χ0) is 28.3. The number of benzene rings is 3. The number of nitrogens with one attached hydrogen (secondary N) is 1. The third kappa shape index (κ3) is 6.02. The second-order valence-electron chi connectivity index (χ2n) is 10.8. The number of hydrogen-bond donors (Lipinski definition) is 1. The number of nitrogens with zero attached hydrogens (tertiary/aromatic N) is 1. The summed E-state index contributed by atoms with van der Waals surface area (Å²) in [7, 11) is 0. The van der Waals surface area contributed by atoms with E-state index in [0.717, 1.165) is 19.3 Å². The molecule has 2 aliphatic rings. The molecule has 8 heteroatoms. The van der Waals surface area contributed by atoms with Crippen molar-refractivity contribution in [2.75, 3.05) is 25.1 Å². The van der Waals surface area contributed by atoms with Crippen molar-refractivity contribution in [1.29, 1.82) is 0 Å². The minimum atomic E-state index is -0.332. The summed E-state index contributed by atoms with van der Waals surface area (Å²) < 4.78 is 17.2. The summed E-state index contributed by atoms with van der Waals surface area (Å²) in [6, 6.07) is 19.6. The summed E-state index contributed by atoms with van der Waals surface area (Å²) in [5.74, 6) is 0.695. The molecule has 1 atom stereocenters. The smallest absolute Gasteiger partial charge is 0.262 e. The highest BCUT2D eigenvalue weighted by Crippen LogP contribution is 2.31. The van der Waals surface area contributed by atoms with Crippen LogP contribution in [0.3, 0.4) is 0 Å². The third-order valence-electron chi connectivity index (χ3n) is 7.62. The Morgan fingerprint density at radius 2 is 1.62 bits per heavy atom. The fraction of sp³-hybridized carbons (Fsp3) is 0.344. The van der Waals surface area contributed by atoms with Crippen LogP contribution in [0.1, 0.15) is 66.3 Å². The maximum absolute atomic E-state index is 12.9. The van der Waals surface area contributed by atoms with Crippen molar-refractivity contribution in [2.45, 2.75) is 51.6 Å². The summed E-state index contributed by atoms with van der Waals surface area (Å²) >= 11 is 0. The topological polar surface area (TPSA) is 94.2 Å². The number of carbonyl (C=O) groups excluding carboxylic acids is 3. The van der Waals surface area contributed by atoms with Crippen molar-refractivity contribution in [2.24, 2.45) is 0 Å². The number of rotatable bonds is 10. The van der Waals surface area contributed by atoms with Gasteiger partial charge in [-0.2, -0.15) is 0 Å². The van der Waals surface area contributed by atoms with Gasteiger partial charge in [0.2, 0.25) is 0 Å². The van der Waals surface area contributed by atoms with Crippen molar-refractivity contribution in [3.05, 3.63) is 83.4 Å². The minimum Gasteiger partial charge on any atom is -0.484 e. The van der Waals surface area contributed by atoms with E-state index in [2.05, 4.69) is 26.1 Å². The van der Waals surface area contributed by atoms with Gasteiger partial charge in [-0.15, -0.1) is 0 Å². The molecule has 0 spiro atoms. The number of fused-ring (bicyclic) bond motifs is 1. The largest absolute Gasteiger partial charge is 0.484 e. The number of imide groups is 1. The maximum Gasteiger partial charge on any atom is 0.262 e. The van der Waals surface area contributed by atoms with Gasteiger partial charge in [-0.3, -0.25) is 19.3 Å². The van der Waals surface area contributed by atoms with Gasteiger partial charge >= 0.3 is 0 Å². The van der Waals surface area contributed by atoms with Crippen LogP contribution in [-0.2, 0) is 14.9 Å². The minimum absolute atomic E-state index is 0.0917. The van der Waals surface area contributed by atoms with E-state index in [1.807, 2.05) is 24.3 Å². The van der Waals surface area contributed by atoms with Crippen molar-refractivity contribution < 1.29 is 28.6 Å². The van der Waals surface area contributed by atoms with E-state index >= 15 is 0 Å². The molecule has 8 nitrogen and oxygen atoms in total. The van der Waals surface area contributed by atoms with E-state index < -0.39 is 0 Å². The first-order valence-corrected chi connectivity index (χ1v) is 13.7. The molecule has 0 aliphatic carbocycles. The van der Waals surface area contributed by atoms with Gasteiger partial charge in [-0.1, -0.05) is 32.9 Å². The quantitative estimate of drug-likeness (QED) is 0.318. The third-order valence-corrected chi connectivity index (χ3v) is 7.62. The summed E-state index contributed by atoms with van der Waals surface area (Å²) in [6.07, 6.45) is 2.71. The first kappa shape index (κ1) is 27.4. The Bertz CT molecular complexity index is 1390. The van der Waals surface area contributed by atoms with Crippen LogP contribution in [0.25, 0.3) is 0 Å². The van der Waals surface area contributed by atoms with E-state index in [0.29, 0.717) is 40.7 Å². The lowest BCUT2D eigenvalue weighted by Gasteiger charge is -2.23. The molecule has 2 aliphatic heterocycles. The highest BCUT2D eigenvalue weighted by molar-refractivity contribution is 6.21. The van der Waals surface area contributed by atoms with Gasteiger partial charge in [-0.25, -0.2) is 0 Å². The number of anilines is 1. The molecule has 208 valence electrons. The van der Waals surface area contributed by atoms with E-state index in [-0.39, 0.29) is 42.4 Å². The molecule has 0 radical (unpaired) electrons. The SMILES string of the molecule is CCC(C)(C)c1ccc(OCC(=O)Nc2ccc(Oc3ccc4c(c3)C(=O)N(CC3CCCO3)C4=O)cc2)cc1. The molecule has 0 saturated carbocycles. The van der Waals surface area contributed by atoms with Gasteiger partial charge in [0.05, 0.1) is 23.8 Å². The molecule has 5 rings (SSSR count). The lowest BCUT2D eigenvalue weighted by molar-refractivity contribution is -0.118. The zero-order valence-corrected chi connectivity index (χ0v) is 23.1. The van der Waals surface area contributed by atoms with Crippen molar-refractivity contribution in [3.8, 4) is 17.2 Å². The summed E-state index contributed by atoms with van der Waals surface area (Å²) in [5, 5.41) is 2.81. The Kier molecular flexibility index (Phi) is 7.89. The van der Waals surface area contributed by atoms with Crippen LogP contribution in [0.4, 0.5) is 5.69 Å². The molecule has 2 heterocycles. The molecular formula is C32H34N2O6. The predicted molar refractivity (Wildman–Crippen MR) is 151 cm³/mol. The molecule has 1 N–H and O–H groups in total. The average Bonchev–Trinajstić information content (AvgIpc) is 3.56. The lowest BCUT2D eigenvalue weighted by Crippen LogP contribution is -2.36. The Morgan fingerprint density at radius 3 is 2.30 bits per heavy atom. The van der Waals surface area contributed by atoms with E-state index in [9.17, 15) is 14.4 Å². The normalized spacial score (nSPS) is 16.7. The van der Waals surface area contributed by atoms with Crippen LogP contribution in [0.15, 0.2) is 66.7 Å². The van der Waals surface area contributed by atoms with Gasteiger partial charge < -0.3 is 19.5 Å². The highest BCUT2D eigenvalue weighted by atomic mass is 16.5. The van der Waals surface area contributed by atoms with Gasteiger partial charge in [0.15, 0.2) is 6.61 Å². The zero-order valence-electron chi connectivity index (χ0n) is 23.1. The standard InChI is InChI=1S/C32H34N2O6/c1-4-32(2,3)21-7-11-23(12-8-21)39-20-29(35)33-22-9-13-24(14-10-22)40-25-15-16-27-28(18-25)31(37)34(30(27)36)19-26-6-5-17-38-26/h7-16,18,26H,4-6,17,19-20H2,1-3H3,(H,33,35). The van der Waals surface area contributed by atoms with E-state index in [1.54, 1.807) is 42.5 Å². The molecule has 40 heavy (non-hydrogen) atoms. The predicted octanol–water partition coefficient (Wildman–Crippen LogP) is 5.96. The molecular weight excluding hydrogens is 508 g/mol. The molecule has 3 aromatic carbocycles. The van der Waals surface area contributed by atoms with Crippen molar-refractivity contribution in [1.82, 2.24) is 4.90 Å². The van der Waals surface area contributed by atoms with Gasteiger partial charge in [0.25, 0.3) is 17.7 Å². The number of hydrogen-bond acceptors (Lipinski definition) is 6. The number of amides is 3. The van der Waals surface area contributed by atoms with E-state index in [4.69, 9.17) is 14.2 Å². The van der Waals surface area contributed by atoms with Crippen LogP contribution in [0, 0.1) is 0 Å². The fourth-order valence-electron chi connectivity index (χ4n) is 4.79. The monoisotopic (exact) mass is 542 g/mol. The Hall–Kier alpha value is -4.17. The summed E-state index contributed by atoms with van der Waals surface area (Å²) in [6.45, 7) is 7.37. The molecule has 1 saturated heterocycles. The number of carbonyl (C=O) groups is 3. The van der Waals surface area contributed by atoms with Crippen LogP contribution in [-0.4, -0.2) is 48.5 Å². The summed E-state index contributed by atoms with van der Waals surface area (Å²) in [5.41, 5.74) is 2.62. The van der Waals surface area contributed by atoms with E-state index in [1.165, 1.54) is 10.5 Å². The average molecular weight is 543 g/mol. The summed E-state index contributed by atoms with van der Waals surface area (Å²) in [4.78, 5) is 39.3. The van der Waals surface area contributed by atoms with Gasteiger partial charge in [0.1, 0.15) is 17.2 Å². The van der Waals surface area contributed by atoms with Crippen molar-refractivity contribution >= 4 is 23.4 Å². The molecule has 1 fully saturated rings. The van der Waals surface area contributed by atoms with Crippen LogP contribution in [0.5, 0.6) is 17.2 Å². The first-order valence-electron chi connectivity index (χ1n) is 13.7. The van der Waals surface area contributed by atoms with Crippen LogP contribution >= 0.6 is 0 Å². The molecule has 3 amide bonds. The first-order chi connectivity index (χ1) is 19.2. The fourth-order valence-corrected chi connectivity index (χ4v) is 4.79. The Balaban J connectivity index is 1.14. The van der Waals surface area contributed by atoms with Gasteiger partial charge in [-0.05, 0) is 84.8 Å². The van der Waals surface area contributed by atoms with Crippen LogP contribution < -0.4 is 14.8 Å². The molecule has 1 unspecified atom stereocenters. The number of ether oxygens (including phenoxy) is 3. The molecule has 0 bridgehead atoms. The van der Waals surface area contributed by atoms with Crippen LogP contribution in [0.2, 0.25) is 0 Å². The molecule has 0 aromatic heterocycles. The lowest BCUT2D eigenvalue weighted by atomic mass is 9.82. The van der Waals surface area contributed by atoms with Gasteiger partial charge in [0, 0.05) is 12.3 Å². The maximum atomic E-state index is 12.9. The molecule has 3 aromatic rings. The van der Waals surface area contributed by atoms with Crippen molar-refractivity contribution in [3.63, 3.8) is 0 Å². The second-order valence-corrected chi connectivity index (χ2v) is 10.8. The highest BCUT2D eigenvalue weighted by Gasteiger charge is 2.37. The Labute approximate surface area is 234 Å². The Morgan fingerprint density at radius 1 is 0.950 bits per heavy atom.